The number of hydrogen-bond acceptors (Lipinski definition) is 5. The van der Waals surface area contributed by atoms with Crippen molar-refractivity contribution in [2.45, 2.75) is 11.7 Å². The predicted molar refractivity (Wildman–Crippen MR) is 123 cm³/mol. The molecule has 1 aromatic heterocycles. The van der Waals surface area contributed by atoms with Gasteiger partial charge in [0, 0.05) is 24.4 Å². The fourth-order valence-corrected chi connectivity index (χ4v) is 4.02. The van der Waals surface area contributed by atoms with Crippen LogP contribution in [0, 0.1) is 0 Å². The Morgan fingerprint density at radius 1 is 1.30 bits per heavy atom. The highest BCUT2D eigenvalue weighted by atomic mass is 35.5. The smallest absolute Gasteiger partial charge is 0.262 e. The Bertz CT molecular complexity index is 1100. The molecule has 0 saturated carbocycles. The second-order valence-corrected chi connectivity index (χ2v) is 7.80. The maximum atomic E-state index is 13.0. The number of halogens is 1. The molecule has 3 rings (SSSR count). The molecule has 0 aliphatic carbocycles. The zero-order valence-electron chi connectivity index (χ0n) is 16.6. The predicted octanol–water partition coefficient (Wildman–Crippen LogP) is 4.01. The van der Waals surface area contributed by atoms with Crippen LogP contribution in [0.5, 0.6) is 0 Å². The third-order valence-electron chi connectivity index (χ3n) is 4.41. The number of amides is 1. The standard InChI is InChI=1S/C22H22ClN3O3S/c1-3-11-25(17-7-5-4-6-8-17)20(27)15-30-22-24-19-14-16(23)9-10-18(19)21(28)26(22)12-13-29-2/h3-10,14H,1,11-13,15H2,2H3. The Morgan fingerprint density at radius 3 is 2.77 bits per heavy atom. The van der Waals surface area contributed by atoms with Crippen LogP contribution >= 0.6 is 23.4 Å². The van der Waals surface area contributed by atoms with Gasteiger partial charge in [-0.25, -0.2) is 4.98 Å². The monoisotopic (exact) mass is 443 g/mol. The zero-order chi connectivity index (χ0) is 21.5. The lowest BCUT2D eigenvalue weighted by Gasteiger charge is -2.21. The minimum Gasteiger partial charge on any atom is -0.383 e. The van der Waals surface area contributed by atoms with E-state index in [1.54, 1.807) is 36.3 Å². The second kappa shape index (κ2) is 10.4. The molecule has 0 unspecified atom stereocenters. The van der Waals surface area contributed by atoms with Crippen LogP contribution in [0.3, 0.4) is 0 Å². The quantitative estimate of drug-likeness (QED) is 0.284. The summed E-state index contributed by atoms with van der Waals surface area (Å²) in [6, 6.07) is 14.4. The van der Waals surface area contributed by atoms with Crippen molar-refractivity contribution in [2.24, 2.45) is 0 Å². The van der Waals surface area contributed by atoms with E-state index in [0.29, 0.717) is 40.8 Å². The lowest BCUT2D eigenvalue weighted by molar-refractivity contribution is -0.116. The van der Waals surface area contributed by atoms with Crippen molar-refractivity contribution in [3.63, 3.8) is 0 Å². The van der Waals surface area contributed by atoms with Crippen molar-refractivity contribution in [2.75, 3.05) is 30.9 Å². The van der Waals surface area contributed by atoms with Gasteiger partial charge in [0.2, 0.25) is 5.91 Å². The van der Waals surface area contributed by atoms with Gasteiger partial charge in [0.1, 0.15) is 0 Å². The van der Waals surface area contributed by atoms with E-state index in [0.717, 1.165) is 5.69 Å². The minimum absolute atomic E-state index is 0.107. The van der Waals surface area contributed by atoms with E-state index in [9.17, 15) is 9.59 Å². The number of nitrogens with zero attached hydrogens (tertiary/aromatic N) is 3. The molecule has 0 radical (unpaired) electrons. The van der Waals surface area contributed by atoms with Gasteiger partial charge in [-0.3, -0.25) is 14.2 Å². The van der Waals surface area contributed by atoms with Crippen LogP contribution in [0.4, 0.5) is 5.69 Å². The van der Waals surface area contributed by atoms with Gasteiger partial charge in [-0.15, -0.1) is 6.58 Å². The first-order chi connectivity index (χ1) is 14.5. The van der Waals surface area contributed by atoms with Crippen LogP contribution in [0.15, 0.2) is 71.1 Å². The zero-order valence-corrected chi connectivity index (χ0v) is 18.2. The summed E-state index contributed by atoms with van der Waals surface area (Å²) < 4.78 is 6.68. The molecule has 1 amide bonds. The average molecular weight is 444 g/mol. The van der Waals surface area contributed by atoms with Gasteiger partial charge in [-0.1, -0.05) is 47.6 Å². The molecule has 3 aromatic rings. The topological polar surface area (TPSA) is 64.4 Å². The molecule has 6 nitrogen and oxygen atoms in total. The summed E-state index contributed by atoms with van der Waals surface area (Å²) in [5, 5.41) is 1.42. The number of hydrogen-bond donors (Lipinski definition) is 0. The van der Waals surface area contributed by atoms with Gasteiger partial charge < -0.3 is 9.64 Å². The number of fused-ring (bicyclic) bond motifs is 1. The number of thioether (sulfide) groups is 1. The number of aromatic nitrogens is 2. The van der Waals surface area contributed by atoms with Gasteiger partial charge in [-0.05, 0) is 30.3 Å². The molecule has 8 heteroatoms. The van der Waals surface area contributed by atoms with Crippen molar-refractivity contribution in [1.82, 2.24) is 9.55 Å². The fraction of sp³-hybridized carbons (Fsp3) is 0.227. The van der Waals surface area contributed by atoms with Gasteiger partial charge in [-0.2, -0.15) is 0 Å². The van der Waals surface area contributed by atoms with Crippen molar-refractivity contribution < 1.29 is 9.53 Å². The summed E-state index contributed by atoms with van der Waals surface area (Å²) >= 11 is 7.29. The van der Waals surface area contributed by atoms with Gasteiger partial charge in [0.05, 0.1) is 29.8 Å². The summed E-state index contributed by atoms with van der Waals surface area (Å²) in [5.41, 5.74) is 1.11. The molecule has 1 heterocycles. The number of methoxy groups -OCH3 is 1. The van der Waals surface area contributed by atoms with E-state index in [2.05, 4.69) is 11.6 Å². The van der Waals surface area contributed by atoms with Crippen molar-refractivity contribution in [3.05, 3.63) is 76.6 Å². The van der Waals surface area contributed by atoms with E-state index >= 15 is 0 Å². The lowest BCUT2D eigenvalue weighted by Crippen LogP contribution is -2.33. The Labute approximate surface area is 184 Å². The van der Waals surface area contributed by atoms with E-state index < -0.39 is 0 Å². The van der Waals surface area contributed by atoms with Gasteiger partial charge in [0.25, 0.3) is 5.56 Å². The maximum absolute atomic E-state index is 13.0. The van der Waals surface area contributed by atoms with Crippen LogP contribution in [0.25, 0.3) is 10.9 Å². The summed E-state index contributed by atoms with van der Waals surface area (Å²) in [5.74, 6) is 0.0126. The van der Waals surface area contributed by atoms with Crippen LogP contribution in [-0.2, 0) is 16.1 Å². The molecule has 156 valence electrons. The number of ether oxygens (including phenoxy) is 1. The summed E-state index contributed by atoms with van der Waals surface area (Å²) in [6.45, 7) is 4.83. The molecule has 0 N–H and O–H groups in total. The fourth-order valence-electron chi connectivity index (χ4n) is 2.96. The SMILES string of the molecule is C=CCN(C(=O)CSc1nc2cc(Cl)ccc2c(=O)n1CCOC)c1ccccc1. The van der Waals surface area contributed by atoms with Crippen LogP contribution in [0.2, 0.25) is 5.02 Å². The Morgan fingerprint density at radius 2 is 2.07 bits per heavy atom. The first-order valence-corrected chi connectivity index (χ1v) is 10.7. The van der Waals surface area contributed by atoms with E-state index in [1.165, 1.54) is 16.3 Å². The van der Waals surface area contributed by atoms with E-state index in [-0.39, 0.29) is 17.2 Å². The Kier molecular flexibility index (Phi) is 7.68. The van der Waals surface area contributed by atoms with Gasteiger partial charge >= 0.3 is 0 Å². The summed E-state index contributed by atoms with van der Waals surface area (Å²) in [7, 11) is 1.57. The molecule has 2 aromatic carbocycles. The molecule has 0 saturated heterocycles. The highest BCUT2D eigenvalue weighted by Gasteiger charge is 2.18. The Hall–Kier alpha value is -2.61. The van der Waals surface area contributed by atoms with Crippen molar-refractivity contribution in [3.8, 4) is 0 Å². The molecule has 30 heavy (non-hydrogen) atoms. The lowest BCUT2D eigenvalue weighted by atomic mass is 10.2. The van der Waals surface area contributed by atoms with Crippen LogP contribution in [-0.4, -0.2) is 41.5 Å². The maximum Gasteiger partial charge on any atom is 0.262 e. The largest absolute Gasteiger partial charge is 0.383 e. The number of carbonyl (C=O) groups excluding carboxylic acids is 1. The molecular formula is C22H22ClN3O3S. The molecule has 0 aliphatic rings. The highest BCUT2D eigenvalue weighted by molar-refractivity contribution is 7.99. The van der Waals surface area contributed by atoms with Crippen LogP contribution in [0.1, 0.15) is 0 Å². The molecule has 0 aliphatic heterocycles. The number of para-hydroxylation sites is 1. The highest BCUT2D eigenvalue weighted by Crippen LogP contribution is 2.22. The first-order valence-electron chi connectivity index (χ1n) is 9.33. The normalized spacial score (nSPS) is 10.9. The number of benzene rings is 2. The second-order valence-electron chi connectivity index (χ2n) is 6.42. The van der Waals surface area contributed by atoms with E-state index in [1.807, 2.05) is 30.3 Å². The minimum atomic E-state index is -0.185. The summed E-state index contributed by atoms with van der Waals surface area (Å²) in [6.07, 6.45) is 1.68. The summed E-state index contributed by atoms with van der Waals surface area (Å²) in [4.78, 5) is 32.1. The number of rotatable bonds is 9. The van der Waals surface area contributed by atoms with Crippen molar-refractivity contribution in [1.29, 1.82) is 0 Å². The number of carbonyl (C=O) groups is 1. The van der Waals surface area contributed by atoms with E-state index in [4.69, 9.17) is 16.3 Å². The molecule has 0 fully saturated rings. The Balaban J connectivity index is 1.90. The number of anilines is 1. The van der Waals surface area contributed by atoms with Crippen molar-refractivity contribution >= 4 is 45.9 Å². The van der Waals surface area contributed by atoms with Crippen LogP contribution < -0.4 is 10.5 Å². The third-order valence-corrected chi connectivity index (χ3v) is 5.60. The molecule has 0 spiro atoms. The molecular weight excluding hydrogens is 422 g/mol. The van der Waals surface area contributed by atoms with Gasteiger partial charge in [0.15, 0.2) is 5.16 Å². The average Bonchev–Trinajstić information content (AvgIpc) is 2.75. The molecule has 0 bridgehead atoms. The third kappa shape index (κ3) is 5.11. The first kappa shape index (κ1) is 22.1. The molecule has 0 atom stereocenters.